The molecule has 0 aliphatic carbocycles. The third-order valence-corrected chi connectivity index (χ3v) is 4.12. The number of Topliss-reactive ketones (excluding diaryl/α,β-unsaturated/α-hetero) is 1. The summed E-state index contributed by atoms with van der Waals surface area (Å²) in [5, 5.41) is 20.5. The van der Waals surface area contributed by atoms with Crippen molar-refractivity contribution in [1.29, 1.82) is 0 Å². The summed E-state index contributed by atoms with van der Waals surface area (Å²) < 4.78 is 0. The molecule has 27 heavy (non-hydrogen) atoms. The Hall–Kier alpha value is -3.48. The van der Waals surface area contributed by atoms with Crippen LogP contribution in [0.15, 0.2) is 36.4 Å². The lowest BCUT2D eigenvalue weighted by atomic mass is 10.0. The number of carboxylic acid groups (broad SMARTS) is 2. The van der Waals surface area contributed by atoms with Gasteiger partial charge in [-0.3, -0.25) is 9.59 Å². The van der Waals surface area contributed by atoms with Crippen molar-refractivity contribution in [2.45, 2.75) is 26.7 Å². The summed E-state index contributed by atoms with van der Waals surface area (Å²) >= 11 is 0. The first-order valence-electron chi connectivity index (χ1n) is 8.19. The van der Waals surface area contributed by atoms with Crippen LogP contribution in [0.3, 0.4) is 0 Å². The van der Waals surface area contributed by atoms with Gasteiger partial charge in [0.05, 0.1) is 11.1 Å². The van der Waals surface area contributed by atoms with Gasteiger partial charge in [-0.1, -0.05) is 12.1 Å². The van der Waals surface area contributed by atoms with Gasteiger partial charge in [-0.05, 0) is 49.2 Å². The second-order valence-corrected chi connectivity index (χ2v) is 6.18. The van der Waals surface area contributed by atoms with E-state index in [1.54, 1.807) is 12.1 Å². The van der Waals surface area contributed by atoms with E-state index in [0.29, 0.717) is 5.56 Å². The van der Waals surface area contributed by atoms with E-state index in [9.17, 15) is 19.2 Å². The van der Waals surface area contributed by atoms with Crippen molar-refractivity contribution in [2.75, 3.05) is 5.32 Å². The minimum atomic E-state index is -1.31. The second kappa shape index (κ2) is 8.27. The molecule has 0 fully saturated rings. The Kier molecular flexibility index (Phi) is 6.07. The molecule has 140 valence electrons. The largest absolute Gasteiger partial charge is 0.478 e. The molecular formula is C20H19NO6. The molecule has 2 aromatic carbocycles. The first-order valence-corrected chi connectivity index (χ1v) is 8.19. The molecule has 0 aliphatic rings. The number of carbonyl (C=O) groups excluding carboxylic acids is 2. The SMILES string of the molecule is Cc1ccc(C(=O)CCC(=O)Nc2cc(C(=O)O)cc(C(=O)O)c2)cc1C. The van der Waals surface area contributed by atoms with Gasteiger partial charge in [-0.15, -0.1) is 0 Å². The summed E-state index contributed by atoms with van der Waals surface area (Å²) in [5.74, 6) is -3.30. The number of amides is 1. The highest BCUT2D eigenvalue weighted by Gasteiger charge is 2.14. The third-order valence-electron chi connectivity index (χ3n) is 4.12. The number of hydrogen-bond donors (Lipinski definition) is 3. The monoisotopic (exact) mass is 369 g/mol. The van der Waals surface area contributed by atoms with E-state index in [4.69, 9.17) is 10.2 Å². The highest BCUT2D eigenvalue weighted by molar-refractivity contribution is 6.01. The number of benzene rings is 2. The number of rotatable bonds is 7. The third kappa shape index (κ3) is 5.24. The normalized spacial score (nSPS) is 10.3. The standard InChI is InChI=1S/C20H19NO6/c1-11-3-4-13(7-12(11)2)17(22)5-6-18(23)21-16-9-14(19(24)25)8-15(10-16)20(26)27/h3-4,7-10H,5-6H2,1-2H3,(H,21,23)(H,24,25)(H,26,27). The van der Waals surface area contributed by atoms with Crippen LogP contribution in [0.1, 0.15) is 55.0 Å². The lowest BCUT2D eigenvalue weighted by Gasteiger charge is -2.08. The molecule has 0 bridgehead atoms. The lowest BCUT2D eigenvalue weighted by molar-refractivity contribution is -0.116. The van der Waals surface area contributed by atoms with E-state index in [1.807, 2.05) is 19.9 Å². The van der Waals surface area contributed by atoms with Gasteiger partial charge in [0.25, 0.3) is 0 Å². The Morgan fingerprint density at radius 3 is 1.89 bits per heavy atom. The fourth-order valence-corrected chi connectivity index (χ4v) is 2.46. The minimum Gasteiger partial charge on any atom is -0.478 e. The molecule has 0 saturated carbocycles. The fraction of sp³-hybridized carbons (Fsp3) is 0.200. The molecule has 0 unspecified atom stereocenters. The van der Waals surface area contributed by atoms with Crippen LogP contribution in [-0.2, 0) is 4.79 Å². The summed E-state index contributed by atoms with van der Waals surface area (Å²) in [4.78, 5) is 46.5. The van der Waals surface area contributed by atoms with Crippen molar-refractivity contribution in [2.24, 2.45) is 0 Å². The van der Waals surface area contributed by atoms with Crippen LogP contribution in [0.4, 0.5) is 5.69 Å². The van der Waals surface area contributed by atoms with E-state index in [2.05, 4.69) is 5.32 Å². The van der Waals surface area contributed by atoms with Crippen LogP contribution in [0, 0.1) is 13.8 Å². The molecule has 0 heterocycles. The molecule has 2 rings (SSSR count). The predicted octanol–water partition coefficient (Wildman–Crippen LogP) is 3.30. The van der Waals surface area contributed by atoms with Gasteiger partial charge >= 0.3 is 11.9 Å². The van der Waals surface area contributed by atoms with Gasteiger partial charge in [-0.2, -0.15) is 0 Å². The Labute approximate surface area is 155 Å². The molecule has 1 amide bonds. The highest BCUT2D eigenvalue weighted by Crippen LogP contribution is 2.17. The van der Waals surface area contributed by atoms with Crippen LogP contribution >= 0.6 is 0 Å². The average molecular weight is 369 g/mol. The number of carbonyl (C=O) groups is 4. The van der Waals surface area contributed by atoms with Crippen molar-refractivity contribution < 1.29 is 29.4 Å². The van der Waals surface area contributed by atoms with E-state index in [-0.39, 0.29) is 35.4 Å². The van der Waals surface area contributed by atoms with Crippen LogP contribution in [-0.4, -0.2) is 33.8 Å². The summed E-state index contributed by atoms with van der Waals surface area (Å²) in [6, 6.07) is 8.65. The zero-order chi connectivity index (χ0) is 20.1. The Bertz CT molecular complexity index is 900. The number of aromatic carboxylic acids is 2. The number of carboxylic acids is 2. The first kappa shape index (κ1) is 19.8. The zero-order valence-corrected chi connectivity index (χ0v) is 14.9. The molecule has 3 N–H and O–H groups in total. The van der Waals surface area contributed by atoms with Gasteiger partial charge in [0.2, 0.25) is 5.91 Å². The van der Waals surface area contributed by atoms with E-state index in [0.717, 1.165) is 29.3 Å². The zero-order valence-electron chi connectivity index (χ0n) is 14.9. The molecular weight excluding hydrogens is 350 g/mol. The number of hydrogen-bond acceptors (Lipinski definition) is 4. The van der Waals surface area contributed by atoms with Crippen molar-refractivity contribution in [3.8, 4) is 0 Å². The van der Waals surface area contributed by atoms with Gasteiger partial charge in [-0.25, -0.2) is 9.59 Å². The highest BCUT2D eigenvalue weighted by atomic mass is 16.4. The first-order chi connectivity index (χ1) is 12.7. The van der Waals surface area contributed by atoms with E-state index >= 15 is 0 Å². The lowest BCUT2D eigenvalue weighted by Crippen LogP contribution is -2.15. The number of ketones is 1. The topological polar surface area (TPSA) is 121 Å². The number of anilines is 1. The molecule has 0 atom stereocenters. The molecule has 7 nitrogen and oxygen atoms in total. The quantitative estimate of drug-likeness (QED) is 0.644. The van der Waals surface area contributed by atoms with Gasteiger partial charge < -0.3 is 15.5 Å². The molecule has 2 aromatic rings. The van der Waals surface area contributed by atoms with Crippen LogP contribution < -0.4 is 5.32 Å². The summed E-state index contributed by atoms with van der Waals surface area (Å²) in [5.41, 5.74) is 2.12. The van der Waals surface area contributed by atoms with Gasteiger partial charge in [0.1, 0.15) is 0 Å². The van der Waals surface area contributed by atoms with E-state index < -0.39 is 17.8 Å². The molecule has 0 saturated heterocycles. The predicted molar refractivity (Wildman–Crippen MR) is 98.5 cm³/mol. The smallest absolute Gasteiger partial charge is 0.335 e. The molecule has 0 spiro atoms. The summed E-state index contributed by atoms with van der Waals surface area (Å²) in [7, 11) is 0. The maximum atomic E-state index is 12.2. The van der Waals surface area contributed by atoms with Crippen molar-refractivity contribution in [3.05, 3.63) is 64.2 Å². The maximum Gasteiger partial charge on any atom is 0.335 e. The van der Waals surface area contributed by atoms with Crippen molar-refractivity contribution >= 4 is 29.3 Å². The average Bonchev–Trinajstić information content (AvgIpc) is 2.61. The molecule has 7 heteroatoms. The van der Waals surface area contributed by atoms with Crippen molar-refractivity contribution in [3.63, 3.8) is 0 Å². The van der Waals surface area contributed by atoms with Crippen LogP contribution in [0.2, 0.25) is 0 Å². The number of nitrogens with one attached hydrogen (secondary N) is 1. The fourth-order valence-electron chi connectivity index (χ4n) is 2.46. The van der Waals surface area contributed by atoms with Crippen molar-refractivity contribution in [1.82, 2.24) is 0 Å². The Morgan fingerprint density at radius 2 is 1.37 bits per heavy atom. The summed E-state index contributed by atoms with van der Waals surface area (Å²) in [6.07, 6.45) is -0.121. The molecule has 0 aromatic heterocycles. The Morgan fingerprint density at radius 1 is 0.778 bits per heavy atom. The molecule has 0 aliphatic heterocycles. The van der Waals surface area contributed by atoms with E-state index in [1.165, 1.54) is 0 Å². The molecule has 0 radical (unpaired) electrons. The minimum absolute atomic E-state index is 0.0151. The summed E-state index contributed by atoms with van der Waals surface area (Å²) in [6.45, 7) is 3.84. The maximum absolute atomic E-state index is 12.2. The Balaban J connectivity index is 2.05. The van der Waals surface area contributed by atoms with Crippen LogP contribution in [0.25, 0.3) is 0 Å². The number of aryl methyl sites for hydroxylation is 2. The van der Waals surface area contributed by atoms with Gasteiger partial charge in [0, 0.05) is 24.1 Å². The van der Waals surface area contributed by atoms with Crippen LogP contribution in [0.5, 0.6) is 0 Å². The van der Waals surface area contributed by atoms with Gasteiger partial charge in [0.15, 0.2) is 5.78 Å². The second-order valence-electron chi connectivity index (χ2n) is 6.18.